The first kappa shape index (κ1) is 18.2. The van der Waals surface area contributed by atoms with Gasteiger partial charge in [-0.05, 0) is 49.2 Å². The van der Waals surface area contributed by atoms with Crippen molar-refractivity contribution in [2.45, 2.75) is 25.3 Å². The Morgan fingerprint density at radius 1 is 1.14 bits per heavy atom. The van der Waals surface area contributed by atoms with Crippen molar-refractivity contribution in [1.29, 1.82) is 0 Å². The summed E-state index contributed by atoms with van der Waals surface area (Å²) in [6, 6.07) is 13.2. The summed E-state index contributed by atoms with van der Waals surface area (Å²) < 4.78 is 7.33. The number of pyridine rings is 1. The number of ether oxygens (including phenoxy) is 1. The Morgan fingerprint density at radius 2 is 2.00 bits per heavy atom. The number of carbonyl (C=O) groups is 1. The molecule has 3 heterocycles. The van der Waals surface area contributed by atoms with Crippen LogP contribution in [0, 0.1) is 0 Å². The minimum absolute atomic E-state index is 0.0650. The fraction of sp³-hybridized carbons (Fsp3) is 0.318. The van der Waals surface area contributed by atoms with Gasteiger partial charge in [-0.25, -0.2) is 4.98 Å². The Kier molecular flexibility index (Phi) is 5.37. The molecule has 1 atom stereocenters. The zero-order valence-electron chi connectivity index (χ0n) is 16.0. The van der Waals surface area contributed by atoms with E-state index in [9.17, 15) is 4.79 Å². The number of likely N-dealkylation sites (tertiary alicyclic amines) is 1. The van der Waals surface area contributed by atoms with Crippen LogP contribution in [0.3, 0.4) is 0 Å². The number of hydrogen-bond acceptors (Lipinski definition) is 4. The number of amides is 1. The number of imidazole rings is 1. The maximum absolute atomic E-state index is 12.9. The lowest BCUT2D eigenvalue weighted by atomic mass is 9.96. The van der Waals surface area contributed by atoms with E-state index in [1.165, 1.54) is 0 Å². The van der Waals surface area contributed by atoms with Crippen molar-refractivity contribution in [3.63, 3.8) is 0 Å². The quantitative estimate of drug-likeness (QED) is 0.685. The molecule has 2 aromatic heterocycles. The second kappa shape index (κ2) is 8.25. The van der Waals surface area contributed by atoms with Crippen LogP contribution in [0.15, 0.2) is 61.1 Å². The Morgan fingerprint density at radius 3 is 2.75 bits per heavy atom. The molecule has 1 saturated heterocycles. The Labute approximate surface area is 164 Å². The highest BCUT2D eigenvalue weighted by molar-refractivity contribution is 5.94. The second-order valence-corrected chi connectivity index (χ2v) is 7.05. The van der Waals surface area contributed by atoms with Crippen molar-refractivity contribution >= 4 is 5.91 Å². The summed E-state index contributed by atoms with van der Waals surface area (Å²) in [5.74, 6) is 2.08. The maximum atomic E-state index is 12.9. The van der Waals surface area contributed by atoms with Crippen molar-refractivity contribution in [2.24, 2.45) is 0 Å². The van der Waals surface area contributed by atoms with Gasteiger partial charge in [-0.1, -0.05) is 6.07 Å². The number of rotatable bonds is 5. The van der Waals surface area contributed by atoms with Gasteiger partial charge < -0.3 is 14.2 Å². The third-order valence-corrected chi connectivity index (χ3v) is 5.22. The van der Waals surface area contributed by atoms with Gasteiger partial charge in [-0.3, -0.25) is 9.78 Å². The van der Waals surface area contributed by atoms with E-state index in [1.54, 1.807) is 7.11 Å². The number of hydrogen-bond donors (Lipinski definition) is 0. The molecular formula is C22H24N4O2. The van der Waals surface area contributed by atoms with Gasteiger partial charge >= 0.3 is 0 Å². The van der Waals surface area contributed by atoms with Crippen LogP contribution in [0.1, 0.15) is 40.6 Å². The van der Waals surface area contributed by atoms with Gasteiger partial charge in [0.05, 0.1) is 19.3 Å². The highest BCUT2D eigenvalue weighted by Gasteiger charge is 2.28. The van der Waals surface area contributed by atoms with E-state index in [0.29, 0.717) is 18.7 Å². The van der Waals surface area contributed by atoms with Gasteiger partial charge in [0.25, 0.3) is 5.91 Å². The second-order valence-electron chi connectivity index (χ2n) is 7.05. The molecule has 0 spiro atoms. The van der Waals surface area contributed by atoms with Crippen LogP contribution in [0.5, 0.6) is 5.75 Å². The van der Waals surface area contributed by atoms with Gasteiger partial charge in [0.15, 0.2) is 0 Å². The van der Waals surface area contributed by atoms with Crippen molar-refractivity contribution < 1.29 is 9.53 Å². The summed E-state index contributed by atoms with van der Waals surface area (Å²) in [5.41, 5.74) is 1.70. The molecule has 1 aliphatic rings. The molecule has 1 aliphatic heterocycles. The summed E-state index contributed by atoms with van der Waals surface area (Å²) in [7, 11) is 1.62. The average Bonchev–Trinajstić information content (AvgIpc) is 3.22. The smallest absolute Gasteiger partial charge is 0.253 e. The van der Waals surface area contributed by atoms with Gasteiger partial charge in [-0.15, -0.1) is 0 Å². The summed E-state index contributed by atoms with van der Waals surface area (Å²) >= 11 is 0. The van der Waals surface area contributed by atoms with Gasteiger partial charge in [0, 0.05) is 43.2 Å². The van der Waals surface area contributed by atoms with Crippen LogP contribution in [0.4, 0.5) is 0 Å². The van der Waals surface area contributed by atoms with Crippen LogP contribution in [0.2, 0.25) is 0 Å². The number of piperidine rings is 1. The fourth-order valence-corrected chi connectivity index (χ4v) is 3.77. The van der Waals surface area contributed by atoms with Crippen LogP contribution in [-0.2, 0) is 6.54 Å². The predicted octanol–water partition coefficient (Wildman–Crippen LogP) is 3.35. The molecule has 0 bridgehead atoms. The number of benzene rings is 1. The highest BCUT2D eigenvalue weighted by Crippen LogP contribution is 2.27. The van der Waals surface area contributed by atoms with E-state index in [0.717, 1.165) is 36.7 Å². The first-order valence-electron chi connectivity index (χ1n) is 9.59. The molecule has 6 nitrogen and oxygen atoms in total. The minimum Gasteiger partial charge on any atom is -0.497 e. The Balaban J connectivity index is 1.48. The van der Waals surface area contributed by atoms with Crippen molar-refractivity contribution in [1.82, 2.24) is 19.4 Å². The number of aromatic nitrogens is 3. The van der Waals surface area contributed by atoms with E-state index in [-0.39, 0.29) is 11.8 Å². The third-order valence-electron chi connectivity index (χ3n) is 5.22. The molecule has 1 amide bonds. The van der Waals surface area contributed by atoms with Crippen LogP contribution in [-0.4, -0.2) is 45.5 Å². The fourth-order valence-electron chi connectivity index (χ4n) is 3.77. The third kappa shape index (κ3) is 3.91. The SMILES string of the molecule is COc1ccc(C(=O)N2CCC[C@H](c3nccn3Cc3ccccn3)C2)cc1. The number of nitrogens with zero attached hydrogens (tertiary/aromatic N) is 4. The Bertz CT molecular complexity index is 921. The van der Waals surface area contributed by atoms with Crippen molar-refractivity contribution in [3.8, 4) is 5.75 Å². The molecule has 4 rings (SSSR count). The van der Waals surface area contributed by atoms with Crippen LogP contribution in [0.25, 0.3) is 0 Å². The maximum Gasteiger partial charge on any atom is 0.253 e. The first-order valence-corrected chi connectivity index (χ1v) is 9.59. The lowest BCUT2D eigenvalue weighted by molar-refractivity contribution is 0.0703. The summed E-state index contributed by atoms with van der Waals surface area (Å²) in [5, 5.41) is 0. The van der Waals surface area contributed by atoms with Crippen molar-refractivity contribution in [2.75, 3.05) is 20.2 Å². The van der Waals surface area contributed by atoms with Crippen molar-refractivity contribution in [3.05, 3.63) is 78.1 Å². The molecule has 144 valence electrons. The summed E-state index contributed by atoms with van der Waals surface area (Å²) in [6.07, 6.45) is 7.65. The predicted molar refractivity (Wildman–Crippen MR) is 106 cm³/mol. The molecular weight excluding hydrogens is 352 g/mol. The zero-order valence-corrected chi connectivity index (χ0v) is 16.0. The molecule has 28 heavy (non-hydrogen) atoms. The highest BCUT2D eigenvalue weighted by atomic mass is 16.5. The standard InChI is InChI=1S/C22H24N4O2/c1-28-20-9-7-17(8-10-20)22(27)26-13-4-5-18(15-26)21-24-12-14-25(21)16-19-6-2-3-11-23-19/h2-3,6-12,14,18H,4-5,13,15-16H2,1H3/t18-/m0/s1. The molecule has 3 aromatic rings. The largest absolute Gasteiger partial charge is 0.497 e. The van der Waals surface area contributed by atoms with E-state index in [4.69, 9.17) is 4.74 Å². The molecule has 0 unspecified atom stereocenters. The van der Waals surface area contributed by atoms with Crippen LogP contribution >= 0.6 is 0 Å². The molecule has 0 saturated carbocycles. The summed E-state index contributed by atoms with van der Waals surface area (Å²) in [6.45, 7) is 2.16. The zero-order chi connectivity index (χ0) is 19.3. The molecule has 6 heteroatoms. The summed E-state index contributed by atoms with van der Waals surface area (Å²) in [4.78, 5) is 23.9. The van der Waals surface area contributed by atoms with E-state index >= 15 is 0 Å². The average molecular weight is 376 g/mol. The molecule has 1 aromatic carbocycles. The topological polar surface area (TPSA) is 60.2 Å². The Hall–Kier alpha value is -3.15. The molecule has 0 radical (unpaired) electrons. The monoisotopic (exact) mass is 376 g/mol. The van der Waals surface area contributed by atoms with E-state index in [1.807, 2.05) is 66.0 Å². The lowest BCUT2D eigenvalue weighted by Crippen LogP contribution is -2.39. The number of methoxy groups -OCH3 is 1. The molecule has 1 fully saturated rings. The lowest BCUT2D eigenvalue weighted by Gasteiger charge is -2.32. The number of carbonyl (C=O) groups excluding carboxylic acids is 1. The first-order chi connectivity index (χ1) is 13.7. The van der Waals surface area contributed by atoms with Gasteiger partial charge in [0.1, 0.15) is 11.6 Å². The van der Waals surface area contributed by atoms with Crippen LogP contribution < -0.4 is 4.74 Å². The minimum atomic E-state index is 0.0650. The normalized spacial score (nSPS) is 16.8. The molecule has 0 N–H and O–H groups in total. The van der Waals surface area contributed by atoms with E-state index in [2.05, 4.69) is 14.5 Å². The van der Waals surface area contributed by atoms with Gasteiger partial charge in [-0.2, -0.15) is 0 Å². The van der Waals surface area contributed by atoms with Gasteiger partial charge in [0.2, 0.25) is 0 Å². The molecule has 0 aliphatic carbocycles. The van der Waals surface area contributed by atoms with E-state index < -0.39 is 0 Å².